The van der Waals surface area contributed by atoms with E-state index >= 15 is 0 Å². The van der Waals surface area contributed by atoms with E-state index in [2.05, 4.69) is 0 Å². The highest BCUT2D eigenvalue weighted by atomic mass is 16.3. The Hall–Kier alpha value is -0.370. The first kappa shape index (κ1) is 2.85. The number of hydrogen-bond donors (Lipinski definition) is 1. The Kier molecular flexibility index (Phi) is 0.325. The van der Waals surface area contributed by atoms with Gasteiger partial charge in [0.2, 0.25) is 0 Å². The second-order valence-electron chi connectivity index (χ2n) is 1.19. The van der Waals surface area contributed by atoms with Crippen molar-refractivity contribution in [1.82, 2.24) is 0 Å². The van der Waals surface area contributed by atoms with E-state index < -0.39 is 6.10 Å². The SMILES string of the molecule is O=C1C[C@H]1O. The normalized spacial score (nSPS) is 34.6. The molecule has 28 valence electrons. The molecule has 2 heteroatoms. The lowest BCUT2D eigenvalue weighted by Gasteiger charge is -1.56. The molecule has 0 aromatic rings. The molecule has 0 spiro atoms. The fourth-order valence-electron chi connectivity index (χ4n) is 0.132. The molecule has 1 rings (SSSR count). The van der Waals surface area contributed by atoms with E-state index in [0.29, 0.717) is 6.42 Å². The Morgan fingerprint density at radius 1 is 2.00 bits per heavy atom. The zero-order valence-electron chi connectivity index (χ0n) is 2.64. The molecular formula is C3H4O2. The van der Waals surface area contributed by atoms with Gasteiger partial charge in [0.15, 0.2) is 5.78 Å². The molecule has 1 aliphatic carbocycles. The van der Waals surface area contributed by atoms with Gasteiger partial charge < -0.3 is 5.11 Å². The van der Waals surface area contributed by atoms with E-state index in [1.807, 2.05) is 0 Å². The Bertz CT molecular complexity index is 67.3. The van der Waals surface area contributed by atoms with Crippen LogP contribution in [0, 0.1) is 0 Å². The van der Waals surface area contributed by atoms with Gasteiger partial charge in [0.1, 0.15) is 6.10 Å². The van der Waals surface area contributed by atoms with Crippen LogP contribution in [0.25, 0.3) is 0 Å². The molecule has 5 heavy (non-hydrogen) atoms. The summed E-state index contributed by atoms with van der Waals surface area (Å²) < 4.78 is 0. The molecule has 1 N–H and O–H groups in total. The van der Waals surface area contributed by atoms with Crippen LogP contribution in [0.5, 0.6) is 0 Å². The van der Waals surface area contributed by atoms with Crippen molar-refractivity contribution in [2.45, 2.75) is 12.5 Å². The molecule has 0 bridgehead atoms. The Morgan fingerprint density at radius 3 is 2.20 bits per heavy atom. The fourth-order valence-corrected chi connectivity index (χ4v) is 0.132. The number of carbonyl (C=O) groups is 1. The van der Waals surface area contributed by atoms with Gasteiger partial charge in [0.25, 0.3) is 0 Å². The Morgan fingerprint density at radius 2 is 2.20 bits per heavy atom. The summed E-state index contributed by atoms with van der Waals surface area (Å²) in [5, 5.41) is 8.09. The summed E-state index contributed by atoms with van der Waals surface area (Å²) in [6.07, 6.45) is -0.199. The van der Waals surface area contributed by atoms with Gasteiger partial charge in [-0.25, -0.2) is 0 Å². The first-order valence-electron chi connectivity index (χ1n) is 1.51. The first-order chi connectivity index (χ1) is 2.30. The lowest BCUT2D eigenvalue weighted by Crippen LogP contribution is -1.76. The van der Waals surface area contributed by atoms with E-state index in [-0.39, 0.29) is 5.78 Å². The number of aliphatic hydroxyl groups is 1. The second-order valence-corrected chi connectivity index (χ2v) is 1.19. The van der Waals surface area contributed by atoms with Crippen LogP contribution in [0.15, 0.2) is 0 Å². The van der Waals surface area contributed by atoms with Crippen LogP contribution < -0.4 is 0 Å². The molecule has 0 radical (unpaired) electrons. The largest absolute Gasteiger partial charge is 0.385 e. The molecule has 0 unspecified atom stereocenters. The number of Topliss-reactive ketones (excluding diaryl/α,β-unsaturated/α-hetero) is 1. The molecule has 0 aliphatic heterocycles. The molecule has 0 saturated heterocycles. The topological polar surface area (TPSA) is 37.3 Å². The van der Waals surface area contributed by atoms with Gasteiger partial charge in [-0.05, 0) is 0 Å². The van der Waals surface area contributed by atoms with E-state index in [4.69, 9.17) is 5.11 Å². The molecule has 0 aromatic heterocycles. The van der Waals surface area contributed by atoms with Crippen LogP contribution in [0.3, 0.4) is 0 Å². The van der Waals surface area contributed by atoms with E-state index in [1.165, 1.54) is 0 Å². The van der Waals surface area contributed by atoms with Gasteiger partial charge in [-0.1, -0.05) is 0 Å². The summed E-state index contributed by atoms with van der Waals surface area (Å²) in [7, 11) is 0. The number of ketones is 1. The van der Waals surface area contributed by atoms with E-state index in [9.17, 15) is 4.79 Å². The monoisotopic (exact) mass is 72.0 g/mol. The van der Waals surface area contributed by atoms with Crippen molar-refractivity contribution in [2.75, 3.05) is 0 Å². The second kappa shape index (κ2) is 0.571. The van der Waals surface area contributed by atoms with Gasteiger partial charge >= 0.3 is 0 Å². The highest BCUT2D eigenvalue weighted by Gasteiger charge is 2.31. The predicted octanol–water partition coefficient (Wildman–Crippen LogP) is -0.680. The van der Waals surface area contributed by atoms with Gasteiger partial charge in [-0.2, -0.15) is 0 Å². The summed E-state index contributed by atoms with van der Waals surface area (Å²) in [4.78, 5) is 9.64. The maximum absolute atomic E-state index is 9.64. The van der Waals surface area contributed by atoms with E-state index in [1.54, 1.807) is 0 Å². The van der Waals surface area contributed by atoms with E-state index in [0.717, 1.165) is 0 Å². The third-order valence-electron chi connectivity index (χ3n) is 0.606. The van der Waals surface area contributed by atoms with Crippen LogP contribution >= 0.6 is 0 Å². The molecule has 1 fully saturated rings. The van der Waals surface area contributed by atoms with Crippen molar-refractivity contribution >= 4 is 5.78 Å². The Labute approximate surface area is 29.4 Å². The first-order valence-corrected chi connectivity index (χ1v) is 1.51. The summed E-state index contributed by atoms with van der Waals surface area (Å²) >= 11 is 0. The summed E-state index contributed by atoms with van der Waals surface area (Å²) in [6.45, 7) is 0. The average molecular weight is 72.1 g/mol. The molecular weight excluding hydrogens is 68.0 g/mol. The molecule has 0 heterocycles. The highest BCUT2D eigenvalue weighted by Crippen LogP contribution is 2.11. The number of aliphatic hydroxyl groups excluding tert-OH is 1. The molecule has 0 amide bonds. The van der Waals surface area contributed by atoms with Crippen LogP contribution in [-0.4, -0.2) is 17.0 Å². The minimum absolute atomic E-state index is 0.0231. The lowest BCUT2D eigenvalue weighted by atomic mass is 10.9. The van der Waals surface area contributed by atoms with Crippen molar-refractivity contribution in [3.8, 4) is 0 Å². The molecule has 1 aliphatic rings. The average Bonchev–Trinajstić information content (AvgIpc) is 1.79. The van der Waals surface area contributed by atoms with Crippen LogP contribution in [-0.2, 0) is 4.79 Å². The molecule has 1 saturated carbocycles. The maximum Gasteiger partial charge on any atom is 0.164 e. The molecule has 2 nitrogen and oxygen atoms in total. The minimum Gasteiger partial charge on any atom is -0.385 e. The van der Waals surface area contributed by atoms with Crippen molar-refractivity contribution in [1.29, 1.82) is 0 Å². The fraction of sp³-hybridized carbons (Fsp3) is 0.667. The van der Waals surface area contributed by atoms with Gasteiger partial charge in [-0.15, -0.1) is 0 Å². The zero-order chi connectivity index (χ0) is 3.86. The summed E-state index contributed by atoms with van der Waals surface area (Å²) in [6, 6.07) is 0. The Balaban J connectivity index is 2.47. The van der Waals surface area contributed by atoms with Crippen LogP contribution in [0.1, 0.15) is 6.42 Å². The van der Waals surface area contributed by atoms with Gasteiger partial charge in [0, 0.05) is 6.42 Å². The summed E-state index contributed by atoms with van der Waals surface area (Å²) in [5.74, 6) is -0.0231. The number of carbonyl (C=O) groups excluding carboxylic acids is 1. The van der Waals surface area contributed by atoms with Gasteiger partial charge in [0.05, 0.1) is 0 Å². The zero-order valence-corrected chi connectivity index (χ0v) is 2.64. The maximum atomic E-state index is 9.64. The highest BCUT2D eigenvalue weighted by molar-refractivity contribution is 5.98. The van der Waals surface area contributed by atoms with Crippen molar-refractivity contribution in [3.63, 3.8) is 0 Å². The van der Waals surface area contributed by atoms with Crippen molar-refractivity contribution in [3.05, 3.63) is 0 Å². The molecule has 1 atom stereocenters. The predicted molar refractivity (Wildman–Crippen MR) is 15.6 cm³/mol. The standard InChI is InChI=1S/C3H4O2/c4-2-1-3(2)5/h2,4H,1H2/t2-/m1/s1. The van der Waals surface area contributed by atoms with Crippen LogP contribution in [0.2, 0.25) is 0 Å². The minimum atomic E-state index is -0.588. The van der Waals surface area contributed by atoms with Crippen LogP contribution in [0.4, 0.5) is 0 Å². The van der Waals surface area contributed by atoms with Crippen molar-refractivity contribution < 1.29 is 9.90 Å². The number of hydrogen-bond acceptors (Lipinski definition) is 2. The molecule has 0 aromatic carbocycles. The smallest absolute Gasteiger partial charge is 0.164 e. The summed E-state index contributed by atoms with van der Waals surface area (Å²) in [5.41, 5.74) is 0. The third-order valence-corrected chi connectivity index (χ3v) is 0.606. The van der Waals surface area contributed by atoms with Gasteiger partial charge in [-0.3, -0.25) is 4.79 Å². The quantitative estimate of drug-likeness (QED) is 0.411. The van der Waals surface area contributed by atoms with Crippen molar-refractivity contribution in [2.24, 2.45) is 0 Å². The third kappa shape index (κ3) is 0.304. The lowest BCUT2D eigenvalue weighted by molar-refractivity contribution is -0.112. The number of rotatable bonds is 0.